The minimum Gasteiger partial charge on any atom is -0.454 e. The van der Waals surface area contributed by atoms with E-state index in [0.29, 0.717) is 6.54 Å². The number of hydrogen-bond donors (Lipinski definition) is 1. The third-order valence-corrected chi connectivity index (χ3v) is 5.34. The first-order valence-electron chi connectivity index (χ1n) is 9.51. The summed E-state index contributed by atoms with van der Waals surface area (Å²) in [4.78, 5) is 17.0. The number of benzene rings is 2. The van der Waals surface area contributed by atoms with Crippen molar-refractivity contribution in [2.24, 2.45) is 0 Å². The summed E-state index contributed by atoms with van der Waals surface area (Å²) in [6, 6.07) is 12.0. The third-order valence-electron chi connectivity index (χ3n) is 5.34. The van der Waals surface area contributed by atoms with Crippen LogP contribution in [0.4, 0.5) is 10.1 Å². The molecule has 2 aromatic rings. The molecule has 1 amide bonds. The number of rotatable bonds is 5. The van der Waals surface area contributed by atoms with Crippen LogP contribution in [0.15, 0.2) is 42.5 Å². The first kappa shape index (κ1) is 18.6. The van der Waals surface area contributed by atoms with Crippen molar-refractivity contribution in [3.8, 4) is 11.5 Å². The molecule has 0 saturated carbocycles. The highest BCUT2D eigenvalue weighted by molar-refractivity contribution is 5.81. The van der Waals surface area contributed by atoms with Crippen LogP contribution in [0.3, 0.4) is 0 Å². The average Bonchev–Trinajstić information content (AvgIpc) is 3.20. The molecule has 4 rings (SSSR count). The summed E-state index contributed by atoms with van der Waals surface area (Å²) in [5, 5.41) is 3.00. The summed E-state index contributed by atoms with van der Waals surface area (Å²) < 4.78 is 23.8. The van der Waals surface area contributed by atoms with Gasteiger partial charge in [0.15, 0.2) is 11.5 Å². The highest BCUT2D eigenvalue weighted by atomic mass is 19.1. The Hall–Kier alpha value is -2.80. The fourth-order valence-electron chi connectivity index (χ4n) is 3.57. The van der Waals surface area contributed by atoms with Gasteiger partial charge >= 0.3 is 0 Å². The van der Waals surface area contributed by atoms with Crippen LogP contribution in [0.1, 0.15) is 12.5 Å². The van der Waals surface area contributed by atoms with Gasteiger partial charge in [-0.2, -0.15) is 0 Å². The molecule has 2 heterocycles. The molecule has 0 bridgehead atoms. The van der Waals surface area contributed by atoms with E-state index < -0.39 is 0 Å². The maximum atomic E-state index is 13.1. The monoisotopic (exact) mass is 385 g/mol. The highest BCUT2D eigenvalue weighted by Crippen LogP contribution is 2.32. The van der Waals surface area contributed by atoms with Crippen LogP contribution in [-0.2, 0) is 11.3 Å². The maximum Gasteiger partial charge on any atom is 0.237 e. The molecule has 148 valence electrons. The van der Waals surface area contributed by atoms with Gasteiger partial charge in [0.25, 0.3) is 0 Å². The number of piperazine rings is 1. The van der Waals surface area contributed by atoms with E-state index >= 15 is 0 Å². The molecule has 1 atom stereocenters. The van der Waals surface area contributed by atoms with E-state index in [0.717, 1.165) is 48.9 Å². The standard InChI is InChI=1S/C21H24FN3O3/c1-15(21(26)23-13-16-2-7-19-20(12-16)28-14-27-19)24-8-10-25(11-9-24)18-5-3-17(22)4-6-18/h2-7,12,15H,8-11,13-14H2,1H3,(H,23,26). The molecule has 0 aliphatic carbocycles. The number of carbonyl (C=O) groups excluding carboxylic acids is 1. The first-order chi connectivity index (χ1) is 13.6. The van der Waals surface area contributed by atoms with Crippen molar-refractivity contribution in [1.82, 2.24) is 10.2 Å². The van der Waals surface area contributed by atoms with E-state index in [1.165, 1.54) is 12.1 Å². The smallest absolute Gasteiger partial charge is 0.237 e. The zero-order valence-electron chi connectivity index (χ0n) is 15.9. The number of halogens is 1. The van der Waals surface area contributed by atoms with Crippen molar-refractivity contribution in [3.63, 3.8) is 0 Å². The minimum atomic E-state index is -0.227. The zero-order chi connectivity index (χ0) is 19.5. The van der Waals surface area contributed by atoms with Gasteiger partial charge in [0.1, 0.15) is 5.82 Å². The summed E-state index contributed by atoms with van der Waals surface area (Å²) in [5.41, 5.74) is 1.99. The van der Waals surface area contributed by atoms with Crippen LogP contribution in [0.5, 0.6) is 11.5 Å². The van der Waals surface area contributed by atoms with Crippen molar-refractivity contribution in [2.45, 2.75) is 19.5 Å². The number of hydrogen-bond acceptors (Lipinski definition) is 5. The number of ether oxygens (including phenoxy) is 2. The second kappa shape index (κ2) is 8.06. The van der Waals surface area contributed by atoms with Gasteiger partial charge in [-0.3, -0.25) is 9.69 Å². The molecule has 1 saturated heterocycles. The van der Waals surface area contributed by atoms with Crippen molar-refractivity contribution in [1.29, 1.82) is 0 Å². The van der Waals surface area contributed by atoms with E-state index in [4.69, 9.17) is 9.47 Å². The fourth-order valence-corrected chi connectivity index (χ4v) is 3.57. The number of carbonyl (C=O) groups is 1. The quantitative estimate of drug-likeness (QED) is 0.857. The lowest BCUT2D eigenvalue weighted by Gasteiger charge is -2.38. The highest BCUT2D eigenvalue weighted by Gasteiger charge is 2.25. The van der Waals surface area contributed by atoms with Gasteiger partial charge in [-0.15, -0.1) is 0 Å². The van der Waals surface area contributed by atoms with Crippen molar-refractivity contribution < 1.29 is 18.7 Å². The molecule has 0 radical (unpaired) electrons. The van der Waals surface area contributed by atoms with Gasteiger partial charge in [-0.1, -0.05) is 6.07 Å². The van der Waals surface area contributed by atoms with Crippen molar-refractivity contribution in [2.75, 3.05) is 37.9 Å². The maximum absolute atomic E-state index is 13.1. The minimum absolute atomic E-state index is 0.00731. The van der Waals surface area contributed by atoms with E-state index in [-0.39, 0.29) is 24.6 Å². The van der Waals surface area contributed by atoms with E-state index in [2.05, 4.69) is 15.1 Å². The van der Waals surface area contributed by atoms with Crippen LogP contribution in [0, 0.1) is 5.82 Å². The molecule has 1 N–H and O–H groups in total. The largest absolute Gasteiger partial charge is 0.454 e. The number of nitrogens with zero attached hydrogens (tertiary/aromatic N) is 2. The molecule has 2 aromatic carbocycles. The lowest BCUT2D eigenvalue weighted by Crippen LogP contribution is -2.53. The Morgan fingerprint density at radius 2 is 1.79 bits per heavy atom. The van der Waals surface area contributed by atoms with E-state index in [1.807, 2.05) is 25.1 Å². The van der Waals surface area contributed by atoms with Crippen LogP contribution in [-0.4, -0.2) is 49.8 Å². The van der Waals surface area contributed by atoms with Crippen LogP contribution < -0.4 is 19.7 Å². The van der Waals surface area contributed by atoms with E-state index in [1.54, 1.807) is 12.1 Å². The normalized spacial score (nSPS) is 17.4. The van der Waals surface area contributed by atoms with Gasteiger partial charge in [-0.25, -0.2) is 4.39 Å². The zero-order valence-corrected chi connectivity index (χ0v) is 15.9. The molecule has 2 aliphatic heterocycles. The second-order valence-electron chi connectivity index (χ2n) is 7.08. The van der Waals surface area contributed by atoms with E-state index in [9.17, 15) is 9.18 Å². The fraction of sp³-hybridized carbons (Fsp3) is 0.381. The Labute approximate surface area is 163 Å². The molecule has 1 fully saturated rings. The molecule has 0 spiro atoms. The lowest BCUT2D eigenvalue weighted by atomic mass is 10.1. The predicted octanol–water partition coefficient (Wildman–Crippen LogP) is 2.38. The molecule has 28 heavy (non-hydrogen) atoms. The lowest BCUT2D eigenvalue weighted by molar-refractivity contribution is -0.126. The van der Waals surface area contributed by atoms with Gasteiger partial charge in [-0.05, 0) is 48.9 Å². The summed E-state index contributed by atoms with van der Waals surface area (Å²) in [6.45, 7) is 5.83. The molecule has 1 unspecified atom stereocenters. The molecular weight excluding hydrogens is 361 g/mol. The Balaban J connectivity index is 1.27. The van der Waals surface area contributed by atoms with Gasteiger partial charge in [0.2, 0.25) is 12.7 Å². The Morgan fingerprint density at radius 3 is 2.54 bits per heavy atom. The first-order valence-corrected chi connectivity index (χ1v) is 9.51. The van der Waals surface area contributed by atoms with Gasteiger partial charge in [0, 0.05) is 38.4 Å². The Bertz CT molecular complexity index is 835. The molecular formula is C21H24FN3O3. The van der Waals surface area contributed by atoms with Crippen molar-refractivity contribution >= 4 is 11.6 Å². The summed E-state index contributed by atoms with van der Waals surface area (Å²) >= 11 is 0. The van der Waals surface area contributed by atoms with Crippen LogP contribution in [0.25, 0.3) is 0 Å². The number of fused-ring (bicyclic) bond motifs is 1. The molecule has 7 heteroatoms. The number of amides is 1. The van der Waals surface area contributed by atoms with Crippen LogP contribution >= 0.6 is 0 Å². The van der Waals surface area contributed by atoms with Gasteiger partial charge in [0.05, 0.1) is 6.04 Å². The molecule has 6 nitrogen and oxygen atoms in total. The number of nitrogens with one attached hydrogen (secondary N) is 1. The third kappa shape index (κ3) is 4.04. The number of anilines is 1. The Morgan fingerprint density at radius 1 is 1.07 bits per heavy atom. The summed E-state index contributed by atoms with van der Waals surface area (Å²) in [7, 11) is 0. The predicted molar refractivity (Wildman–Crippen MR) is 104 cm³/mol. The average molecular weight is 385 g/mol. The molecule has 0 aromatic heterocycles. The van der Waals surface area contributed by atoms with Gasteiger partial charge < -0.3 is 19.7 Å². The summed E-state index contributed by atoms with van der Waals surface area (Å²) in [6.07, 6.45) is 0. The summed E-state index contributed by atoms with van der Waals surface area (Å²) in [5.74, 6) is 1.24. The second-order valence-corrected chi connectivity index (χ2v) is 7.08. The molecule has 2 aliphatic rings. The Kier molecular flexibility index (Phi) is 5.34. The SMILES string of the molecule is CC(C(=O)NCc1ccc2c(c1)OCO2)N1CCN(c2ccc(F)cc2)CC1. The topological polar surface area (TPSA) is 54.0 Å². The van der Waals surface area contributed by atoms with Crippen molar-refractivity contribution in [3.05, 3.63) is 53.8 Å². The van der Waals surface area contributed by atoms with Crippen LogP contribution in [0.2, 0.25) is 0 Å².